The number of thioether (sulfide) groups is 1. The van der Waals surface area contributed by atoms with Crippen LogP contribution in [0, 0.1) is 5.82 Å². The van der Waals surface area contributed by atoms with Crippen molar-refractivity contribution in [2.75, 3.05) is 5.75 Å². The zero-order valence-electron chi connectivity index (χ0n) is 14.8. The summed E-state index contributed by atoms with van der Waals surface area (Å²) in [5.74, 6) is 0.478. The molecule has 0 aliphatic rings. The number of rotatable bonds is 6. The summed E-state index contributed by atoms with van der Waals surface area (Å²) in [7, 11) is 1.85. The predicted molar refractivity (Wildman–Crippen MR) is 105 cm³/mol. The molecule has 1 amide bonds. The molecule has 0 saturated carbocycles. The summed E-state index contributed by atoms with van der Waals surface area (Å²) in [5, 5.41) is 12.5. The first-order valence-corrected chi connectivity index (χ1v) is 9.63. The van der Waals surface area contributed by atoms with Gasteiger partial charge in [-0.2, -0.15) is 0 Å². The van der Waals surface area contributed by atoms with Crippen molar-refractivity contribution in [3.8, 4) is 11.4 Å². The van der Waals surface area contributed by atoms with Crippen molar-refractivity contribution in [2.24, 2.45) is 7.05 Å². The minimum Gasteiger partial charge on any atom is -0.349 e. The van der Waals surface area contributed by atoms with Crippen LogP contribution in [0.3, 0.4) is 0 Å². The first-order chi connectivity index (χ1) is 12.9. The lowest BCUT2D eigenvalue weighted by molar-refractivity contribution is -0.119. The fourth-order valence-electron chi connectivity index (χ4n) is 2.54. The van der Waals surface area contributed by atoms with Crippen LogP contribution < -0.4 is 5.32 Å². The Morgan fingerprint density at radius 3 is 2.52 bits per heavy atom. The molecule has 1 aromatic heterocycles. The second-order valence-corrected chi connectivity index (χ2v) is 7.38. The van der Waals surface area contributed by atoms with Crippen molar-refractivity contribution in [3.05, 3.63) is 64.9 Å². The molecule has 0 radical (unpaired) electrons. The van der Waals surface area contributed by atoms with Gasteiger partial charge < -0.3 is 9.88 Å². The maximum Gasteiger partial charge on any atom is 0.230 e. The second-order valence-electron chi connectivity index (χ2n) is 6.00. The summed E-state index contributed by atoms with van der Waals surface area (Å²) in [4.78, 5) is 12.2. The molecule has 1 atom stereocenters. The SMILES string of the molecule is CC(NC(=O)CSc1nnc(-c2ccc(Cl)cc2)n1C)c1ccc(F)cc1. The molecule has 0 aliphatic heterocycles. The number of nitrogens with one attached hydrogen (secondary N) is 1. The van der Waals surface area contributed by atoms with Gasteiger partial charge in [-0.15, -0.1) is 10.2 Å². The normalized spacial score (nSPS) is 12.0. The van der Waals surface area contributed by atoms with E-state index in [4.69, 9.17) is 11.6 Å². The van der Waals surface area contributed by atoms with Crippen LogP contribution in [0.2, 0.25) is 5.02 Å². The highest BCUT2D eigenvalue weighted by molar-refractivity contribution is 7.99. The highest BCUT2D eigenvalue weighted by Gasteiger charge is 2.14. The van der Waals surface area contributed by atoms with Crippen molar-refractivity contribution in [1.29, 1.82) is 0 Å². The minimum atomic E-state index is -0.299. The van der Waals surface area contributed by atoms with E-state index in [2.05, 4.69) is 15.5 Å². The summed E-state index contributed by atoms with van der Waals surface area (Å²) < 4.78 is 14.8. The molecule has 3 rings (SSSR count). The van der Waals surface area contributed by atoms with Crippen molar-refractivity contribution < 1.29 is 9.18 Å². The Kier molecular flexibility index (Phi) is 6.13. The van der Waals surface area contributed by atoms with E-state index < -0.39 is 0 Å². The molecule has 140 valence electrons. The van der Waals surface area contributed by atoms with E-state index in [1.165, 1.54) is 23.9 Å². The third kappa shape index (κ3) is 4.87. The van der Waals surface area contributed by atoms with E-state index in [-0.39, 0.29) is 23.5 Å². The van der Waals surface area contributed by atoms with Gasteiger partial charge >= 0.3 is 0 Å². The Balaban J connectivity index is 1.59. The third-order valence-electron chi connectivity index (χ3n) is 4.02. The van der Waals surface area contributed by atoms with Crippen LogP contribution in [0.15, 0.2) is 53.7 Å². The van der Waals surface area contributed by atoms with Gasteiger partial charge in [-0.05, 0) is 48.9 Å². The van der Waals surface area contributed by atoms with E-state index in [1.807, 2.05) is 30.7 Å². The molecule has 8 heteroatoms. The zero-order chi connectivity index (χ0) is 19.4. The monoisotopic (exact) mass is 404 g/mol. The molecule has 0 bridgehead atoms. The molecule has 5 nitrogen and oxygen atoms in total. The number of hydrogen-bond acceptors (Lipinski definition) is 4. The second kappa shape index (κ2) is 8.54. The van der Waals surface area contributed by atoms with E-state index in [9.17, 15) is 9.18 Å². The smallest absolute Gasteiger partial charge is 0.230 e. The number of carbonyl (C=O) groups is 1. The summed E-state index contributed by atoms with van der Waals surface area (Å²) in [5.41, 5.74) is 1.74. The lowest BCUT2D eigenvalue weighted by Gasteiger charge is -2.14. The molecule has 2 aromatic carbocycles. The standard InChI is InChI=1S/C19H18ClFN4OS/c1-12(13-5-9-16(21)10-6-13)22-17(26)11-27-19-24-23-18(25(19)2)14-3-7-15(20)8-4-14/h3-10,12H,11H2,1-2H3,(H,22,26). The van der Waals surface area contributed by atoms with Gasteiger partial charge in [0.2, 0.25) is 5.91 Å². The number of halogens is 2. The molecule has 3 aromatic rings. The minimum absolute atomic E-state index is 0.132. The Bertz CT molecular complexity index is 928. The van der Waals surface area contributed by atoms with Crippen molar-refractivity contribution in [2.45, 2.75) is 18.1 Å². The van der Waals surface area contributed by atoms with Crippen molar-refractivity contribution >= 4 is 29.3 Å². The first-order valence-electron chi connectivity index (χ1n) is 8.27. The number of amides is 1. The average Bonchev–Trinajstić information content (AvgIpc) is 3.02. The molecule has 0 fully saturated rings. The summed E-state index contributed by atoms with van der Waals surface area (Å²) >= 11 is 7.22. The average molecular weight is 405 g/mol. The fraction of sp³-hybridized carbons (Fsp3) is 0.211. The lowest BCUT2D eigenvalue weighted by Crippen LogP contribution is -2.28. The lowest BCUT2D eigenvalue weighted by atomic mass is 10.1. The van der Waals surface area contributed by atoms with Crippen molar-refractivity contribution in [3.63, 3.8) is 0 Å². The van der Waals surface area contributed by atoms with E-state index in [0.29, 0.717) is 16.0 Å². The summed E-state index contributed by atoms with van der Waals surface area (Å²) in [6, 6.07) is 13.2. The number of hydrogen-bond donors (Lipinski definition) is 1. The molecule has 1 unspecified atom stereocenters. The highest BCUT2D eigenvalue weighted by Crippen LogP contribution is 2.24. The van der Waals surface area contributed by atoms with Gasteiger partial charge in [0, 0.05) is 17.6 Å². The zero-order valence-corrected chi connectivity index (χ0v) is 16.4. The van der Waals surface area contributed by atoms with Crippen LogP contribution in [0.1, 0.15) is 18.5 Å². The topological polar surface area (TPSA) is 59.8 Å². The molecule has 0 aliphatic carbocycles. The molecule has 27 heavy (non-hydrogen) atoms. The van der Waals surface area contributed by atoms with Crippen LogP contribution in [0.4, 0.5) is 4.39 Å². The maximum atomic E-state index is 13.0. The van der Waals surface area contributed by atoms with Gasteiger partial charge in [0.1, 0.15) is 5.82 Å². The number of carbonyl (C=O) groups excluding carboxylic acids is 1. The number of aromatic nitrogens is 3. The van der Waals surface area contributed by atoms with Crippen molar-refractivity contribution in [1.82, 2.24) is 20.1 Å². The van der Waals surface area contributed by atoms with Gasteiger partial charge in [0.05, 0.1) is 11.8 Å². The predicted octanol–water partition coefficient (Wildman–Crippen LogP) is 4.24. The third-order valence-corrected chi connectivity index (χ3v) is 5.29. The molecule has 1 heterocycles. The van der Waals surface area contributed by atoms with Gasteiger partial charge in [-0.3, -0.25) is 4.79 Å². The van der Waals surface area contributed by atoms with Crippen LogP contribution in [-0.2, 0) is 11.8 Å². The first kappa shape index (κ1) is 19.4. The van der Waals surface area contributed by atoms with Gasteiger partial charge in [0.25, 0.3) is 0 Å². The van der Waals surface area contributed by atoms with E-state index >= 15 is 0 Å². The van der Waals surface area contributed by atoms with Crippen LogP contribution >= 0.6 is 23.4 Å². The van der Waals surface area contributed by atoms with Gasteiger partial charge in [-0.25, -0.2) is 4.39 Å². The molecule has 0 spiro atoms. The summed E-state index contributed by atoms with van der Waals surface area (Å²) in [6.07, 6.45) is 0. The van der Waals surface area contributed by atoms with Gasteiger partial charge in [0.15, 0.2) is 11.0 Å². The summed E-state index contributed by atoms with van der Waals surface area (Å²) in [6.45, 7) is 1.86. The quantitative estimate of drug-likeness (QED) is 0.624. The van der Waals surface area contributed by atoms with Crippen LogP contribution in [0.5, 0.6) is 0 Å². The largest absolute Gasteiger partial charge is 0.349 e. The Morgan fingerprint density at radius 2 is 1.85 bits per heavy atom. The Labute approximate surface area is 166 Å². The molecule has 0 saturated heterocycles. The highest BCUT2D eigenvalue weighted by atomic mass is 35.5. The van der Waals surface area contributed by atoms with Crippen LogP contribution in [-0.4, -0.2) is 26.4 Å². The molecule has 1 N–H and O–H groups in total. The van der Waals surface area contributed by atoms with Gasteiger partial charge in [-0.1, -0.05) is 35.5 Å². The Hall–Kier alpha value is -2.38. The maximum absolute atomic E-state index is 13.0. The fourth-order valence-corrected chi connectivity index (χ4v) is 3.39. The van der Waals surface area contributed by atoms with Crippen LogP contribution in [0.25, 0.3) is 11.4 Å². The molecular weight excluding hydrogens is 387 g/mol. The number of nitrogens with zero attached hydrogens (tertiary/aromatic N) is 3. The molecular formula is C19H18ClFN4OS. The number of benzene rings is 2. The Morgan fingerprint density at radius 1 is 1.19 bits per heavy atom. The van der Waals surface area contributed by atoms with E-state index in [0.717, 1.165) is 11.1 Å². The van der Waals surface area contributed by atoms with E-state index in [1.54, 1.807) is 24.3 Å².